The van der Waals surface area contributed by atoms with Crippen molar-refractivity contribution in [2.45, 2.75) is 39.4 Å². The topological polar surface area (TPSA) is 81.1 Å². The second kappa shape index (κ2) is 8.83. The number of amides is 1. The summed E-state index contributed by atoms with van der Waals surface area (Å²) >= 11 is 1.25. The first-order chi connectivity index (χ1) is 14.2. The van der Waals surface area contributed by atoms with Crippen LogP contribution in [0, 0.1) is 5.41 Å². The van der Waals surface area contributed by atoms with Gasteiger partial charge in [-0.2, -0.15) is 0 Å². The van der Waals surface area contributed by atoms with E-state index in [0.29, 0.717) is 33.9 Å². The molecule has 0 saturated heterocycles. The predicted octanol–water partition coefficient (Wildman–Crippen LogP) is 4.38. The minimum absolute atomic E-state index is 0.0706. The van der Waals surface area contributed by atoms with Crippen LogP contribution >= 0.6 is 11.8 Å². The van der Waals surface area contributed by atoms with Crippen LogP contribution in [-0.2, 0) is 11.3 Å². The van der Waals surface area contributed by atoms with Crippen LogP contribution in [0.25, 0.3) is 10.9 Å². The fourth-order valence-corrected chi connectivity index (χ4v) is 3.77. The molecule has 6 nitrogen and oxygen atoms in total. The maximum atomic E-state index is 12.7. The van der Waals surface area contributed by atoms with Crippen molar-refractivity contribution in [1.82, 2.24) is 9.55 Å². The van der Waals surface area contributed by atoms with E-state index >= 15 is 0 Å². The van der Waals surface area contributed by atoms with Crippen LogP contribution in [0.5, 0.6) is 0 Å². The molecule has 1 N–H and O–H groups in total. The molecule has 0 fully saturated rings. The first-order valence-corrected chi connectivity index (χ1v) is 10.8. The Bertz CT molecular complexity index is 1150. The Labute approximate surface area is 179 Å². The number of ketones is 1. The van der Waals surface area contributed by atoms with Gasteiger partial charge in [-0.05, 0) is 43.3 Å². The molecule has 1 heterocycles. The number of anilines is 1. The molecule has 0 bridgehead atoms. The fraction of sp³-hybridized carbons (Fsp3) is 0.304. The third-order valence-corrected chi connectivity index (χ3v) is 5.60. The van der Waals surface area contributed by atoms with Crippen LogP contribution in [0.15, 0.2) is 58.5 Å². The number of aromatic nitrogens is 2. The summed E-state index contributed by atoms with van der Waals surface area (Å²) in [4.78, 5) is 42.0. The van der Waals surface area contributed by atoms with Crippen LogP contribution in [0.4, 0.5) is 5.69 Å². The Morgan fingerprint density at radius 1 is 1.07 bits per heavy atom. The number of rotatable bonds is 6. The Morgan fingerprint density at radius 2 is 1.73 bits per heavy atom. The van der Waals surface area contributed by atoms with Gasteiger partial charge in [0.15, 0.2) is 10.9 Å². The van der Waals surface area contributed by atoms with Crippen molar-refractivity contribution in [2.75, 3.05) is 11.1 Å². The molecule has 156 valence electrons. The van der Waals surface area contributed by atoms with Gasteiger partial charge in [-0.3, -0.25) is 19.0 Å². The minimum atomic E-state index is -0.493. The Kier molecular flexibility index (Phi) is 6.41. The number of nitrogens with one attached hydrogen (secondary N) is 1. The van der Waals surface area contributed by atoms with Gasteiger partial charge in [0.2, 0.25) is 5.91 Å². The van der Waals surface area contributed by atoms with Crippen LogP contribution in [-0.4, -0.2) is 27.0 Å². The highest BCUT2D eigenvalue weighted by Crippen LogP contribution is 2.21. The van der Waals surface area contributed by atoms with Crippen LogP contribution < -0.4 is 10.9 Å². The number of carbonyl (C=O) groups is 2. The maximum Gasteiger partial charge on any atom is 0.262 e. The van der Waals surface area contributed by atoms with Crippen molar-refractivity contribution in [3.05, 3.63) is 64.4 Å². The SMILES string of the molecule is CCn1c(SCC(=O)c2ccc(NC(=O)C(C)(C)C)cc2)nc2ccccc2c1=O. The molecule has 0 aliphatic heterocycles. The molecule has 1 aromatic heterocycles. The average Bonchev–Trinajstić information content (AvgIpc) is 2.72. The zero-order chi connectivity index (χ0) is 21.9. The van der Waals surface area contributed by atoms with Crippen molar-refractivity contribution in [3.63, 3.8) is 0 Å². The lowest BCUT2D eigenvalue weighted by atomic mass is 9.95. The van der Waals surface area contributed by atoms with Gasteiger partial charge in [0.1, 0.15) is 0 Å². The highest BCUT2D eigenvalue weighted by molar-refractivity contribution is 7.99. The second-order valence-corrected chi connectivity index (χ2v) is 8.90. The lowest BCUT2D eigenvalue weighted by molar-refractivity contribution is -0.123. The Morgan fingerprint density at radius 3 is 2.37 bits per heavy atom. The molecule has 0 unspecified atom stereocenters. The largest absolute Gasteiger partial charge is 0.326 e. The maximum absolute atomic E-state index is 12.7. The highest BCUT2D eigenvalue weighted by Gasteiger charge is 2.21. The molecule has 0 aliphatic rings. The normalized spacial score (nSPS) is 11.5. The Balaban J connectivity index is 1.73. The van der Waals surface area contributed by atoms with Gasteiger partial charge < -0.3 is 5.32 Å². The van der Waals surface area contributed by atoms with Crippen LogP contribution in [0.3, 0.4) is 0 Å². The first kappa shape index (κ1) is 21.8. The van der Waals surface area contributed by atoms with Gasteiger partial charge in [0, 0.05) is 23.2 Å². The van der Waals surface area contributed by atoms with E-state index in [9.17, 15) is 14.4 Å². The number of carbonyl (C=O) groups excluding carboxylic acids is 2. The zero-order valence-electron chi connectivity index (χ0n) is 17.6. The number of benzene rings is 2. The molecule has 3 aromatic rings. The van der Waals surface area contributed by atoms with E-state index in [1.54, 1.807) is 41.0 Å². The lowest BCUT2D eigenvalue weighted by Gasteiger charge is -2.17. The zero-order valence-corrected chi connectivity index (χ0v) is 18.4. The molecule has 30 heavy (non-hydrogen) atoms. The number of hydrogen-bond acceptors (Lipinski definition) is 5. The van der Waals surface area contributed by atoms with E-state index in [4.69, 9.17) is 0 Å². The lowest BCUT2D eigenvalue weighted by Crippen LogP contribution is -2.27. The third kappa shape index (κ3) is 4.79. The number of thioether (sulfide) groups is 1. The van der Waals surface area contributed by atoms with Crippen LogP contribution in [0.2, 0.25) is 0 Å². The van der Waals surface area contributed by atoms with Crippen LogP contribution in [0.1, 0.15) is 38.1 Å². The van der Waals surface area contributed by atoms with E-state index in [2.05, 4.69) is 10.3 Å². The number of nitrogens with zero attached hydrogens (tertiary/aromatic N) is 2. The van der Waals surface area contributed by atoms with E-state index in [-0.39, 0.29) is 23.0 Å². The summed E-state index contributed by atoms with van der Waals surface area (Å²) in [6, 6.07) is 14.0. The van der Waals surface area contributed by atoms with E-state index < -0.39 is 5.41 Å². The smallest absolute Gasteiger partial charge is 0.262 e. The van der Waals surface area contributed by atoms with E-state index in [0.717, 1.165) is 0 Å². The van der Waals surface area contributed by atoms with Crippen molar-refractivity contribution in [1.29, 1.82) is 0 Å². The number of Topliss-reactive ketones (excluding diaryl/α,β-unsaturated/α-hetero) is 1. The van der Waals surface area contributed by atoms with Gasteiger partial charge in [-0.1, -0.05) is 44.7 Å². The molecule has 0 spiro atoms. The summed E-state index contributed by atoms with van der Waals surface area (Å²) in [6.45, 7) is 7.89. The first-order valence-electron chi connectivity index (χ1n) is 9.78. The van der Waals surface area contributed by atoms with Crippen molar-refractivity contribution in [2.24, 2.45) is 5.41 Å². The molecule has 0 saturated carbocycles. The summed E-state index contributed by atoms with van der Waals surface area (Å²) in [5, 5.41) is 3.94. The summed E-state index contributed by atoms with van der Waals surface area (Å²) in [6.07, 6.45) is 0. The molecule has 1 amide bonds. The number of para-hydroxylation sites is 1. The quantitative estimate of drug-likeness (QED) is 0.362. The van der Waals surface area contributed by atoms with Crippen molar-refractivity contribution >= 4 is 40.0 Å². The summed E-state index contributed by atoms with van der Waals surface area (Å²) in [5.41, 5.74) is 1.23. The average molecular weight is 424 g/mol. The second-order valence-electron chi connectivity index (χ2n) is 7.95. The molecule has 0 atom stereocenters. The summed E-state index contributed by atoms with van der Waals surface area (Å²) in [5.74, 6) is 0.00849. The van der Waals surface area contributed by atoms with Gasteiger partial charge >= 0.3 is 0 Å². The molecule has 3 rings (SSSR count). The fourth-order valence-electron chi connectivity index (χ4n) is 2.81. The van der Waals surface area contributed by atoms with E-state index in [1.165, 1.54) is 11.8 Å². The van der Waals surface area contributed by atoms with Gasteiger partial charge in [-0.25, -0.2) is 4.98 Å². The summed E-state index contributed by atoms with van der Waals surface area (Å²) < 4.78 is 1.59. The molecular formula is C23H25N3O3S. The standard InChI is InChI=1S/C23H25N3O3S/c1-5-26-20(28)17-8-6-7-9-18(17)25-22(26)30-14-19(27)15-10-12-16(13-11-15)24-21(29)23(2,3)4/h6-13H,5,14H2,1-4H3,(H,24,29). The third-order valence-electron chi connectivity index (χ3n) is 4.62. The Hall–Kier alpha value is -2.93. The number of fused-ring (bicyclic) bond motifs is 1. The molecule has 0 aliphatic carbocycles. The van der Waals surface area contributed by atoms with Gasteiger partial charge in [-0.15, -0.1) is 0 Å². The molecule has 2 aromatic carbocycles. The number of hydrogen-bond donors (Lipinski definition) is 1. The van der Waals surface area contributed by atoms with Crippen molar-refractivity contribution < 1.29 is 9.59 Å². The highest BCUT2D eigenvalue weighted by atomic mass is 32.2. The van der Waals surface area contributed by atoms with E-state index in [1.807, 2.05) is 39.8 Å². The monoisotopic (exact) mass is 423 g/mol. The molecular weight excluding hydrogens is 398 g/mol. The summed E-state index contributed by atoms with van der Waals surface area (Å²) in [7, 11) is 0. The van der Waals surface area contributed by atoms with Gasteiger partial charge in [0.05, 0.1) is 16.7 Å². The van der Waals surface area contributed by atoms with Gasteiger partial charge in [0.25, 0.3) is 5.56 Å². The van der Waals surface area contributed by atoms with Crippen molar-refractivity contribution in [3.8, 4) is 0 Å². The molecule has 0 radical (unpaired) electrons. The molecule has 7 heteroatoms. The predicted molar refractivity (Wildman–Crippen MR) is 121 cm³/mol. The minimum Gasteiger partial charge on any atom is -0.326 e.